The van der Waals surface area contributed by atoms with Gasteiger partial charge in [0.25, 0.3) is 5.91 Å². The molecular weight excluding hydrogens is 346 g/mol. The lowest BCUT2D eigenvalue weighted by atomic mass is 9.95. The van der Waals surface area contributed by atoms with Crippen LogP contribution in [0.25, 0.3) is 0 Å². The fourth-order valence-electron chi connectivity index (χ4n) is 3.17. The number of carbonyl (C=O) groups excluding carboxylic acids is 1. The highest BCUT2D eigenvalue weighted by molar-refractivity contribution is 5.94. The van der Waals surface area contributed by atoms with E-state index in [2.05, 4.69) is 5.32 Å². The standard InChI is InChI=1S/C25H27NO2/c1-17-4-10-20(11-5-17)23(16-24(27)21-12-6-18(2)7-13-21)26-25(28)22-14-8-19(3)9-15-22/h4-15,23-24,27H,16H2,1-3H3,(H,26,28)/t23-,24-/m1/s1. The summed E-state index contributed by atoms with van der Waals surface area (Å²) in [5.41, 5.74) is 5.88. The van der Waals surface area contributed by atoms with Crippen molar-refractivity contribution in [2.24, 2.45) is 0 Å². The summed E-state index contributed by atoms with van der Waals surface area (Å²) < 4.78 is 0. The molecule has 0 aliphatic rings. The van der Waals surface area contributed by atoms with Gasteiger partial charge in [0.2, 0.25) is 0 Å². The zero-order valence-corrected chi connectivity index (χ0v) is 16.6. The number of hydrogen-bond donors (Lipinski definition) is 2. The molecule has 0 bridgehead atoms. The smallest absolute Gasteiger partial charge is 0.251 e. The minimum atomic E-state index is -0.662. The van der Waals surface area contributed by atoms with Crippen molar-refractivity contribution in [2.75, 3.05) is 0 Å². The lowest BCUT2D eigenvalue weighted by molar-refractivity contribution is 0.0909. The number of aliphatic hydroxyl groups is 1. The maximum atomic E-state index is 12.8. The molecule has 2 N–H and O–H groups in total. The Morgan fingerprint density at radius 1 is 0.750 bits per heavy atom. The maximum Gasteiger partial charge on any atom is 0.251 e. The van der Waals surface area contributed by atoms with Crippen molar-refractivity contribution in [1.82, 2.24) is 5.32 Å². The van der Waals surface area contributed by atoms with E-state index in [1.165, 1.54) is 0 Å². The van der Waals surface area contributed by atoms with E-state index in [9.17, 15) is 9.90 Å². The van der Waals surface area contributed by atoms with Crippen molar-refractivity contribution in [3.05, 3.63) is 106 Å². The largest absolute Gasteiger partial charge is 0.388 e. The van der Waals surface area contributed by atoms with Gasteiger partial charge in [-0.2, -0.15) is 0 Å². The number of amides is 1. The molecule has 0 aliphatic heterocycles. The third-order valence-electron chi connectivity index (χ3n) is 5.02. The van der Waals surface area contributed by atoms with Crippen LogP contribution in [0.2, 0.25) is 0 Å². The second-order valence-electron chi connectivity index (χ2n) is 7.46. The van der Waals surface area contributed by atoms with Gasteiger partial charge in [0.15, 0.2) is 0 Å². The van der Waals surface area contributed by atoms with Crippen LogP contribution in [0.5, 0.6) is 0 Å². The van der Waals surface area contributed by atoms with E-state index < -0.39 is 6.10 Å². The van der Waals surface area contributed by atoms with E-state index in [1.54, 1.807) is 0 Å². The highest BCUT2D eigenvalue weighted by atomic mass is 16.3. The van der Waals surface area contributed by atoms with Gasteiger partial charge in [-0.15, -0.1) is 0 Å². The molecule has 2 atom stereocenters. The SMILES string of the molecule is Cc1ccc(C(=O)N[C@H](C[C@@H](O)c2ccc(C)cc2)c2ccc(C)cc2)cc1. The quantitative estimate of drug-likeness (QED) is 0.623. The number of hydrogen-bond acceptors (Lipinski definition) is 2. The Balaban J connectivity index is 1.82. The second kappa shape index (κ2) is 8.85. The molecule has 0 heterocycles. The van der Waals surface area contributed by atoms with Crippen LogP contribution < -0.4 is 5.32 Å². The van der Waals surface area contributed by atoms with Crippen LogP contribution in [0.3, 0.4) is 0 Å². The fraction of sp³-hybridized carbons (Fsp3) is 0.240. The fourth-order valence-corrected chi connectivity index (χ4v) is 3.17. The Hall–Kier alpha value is -2.91. The minimum Gasteiger partial charge on any atom is -0.388 e. The number of carbonyl (C=O) groups is 1. The molecule has 0 aliphatic carbocycles. The maximum absolute atomic E-state index is 12.8. The van der Waals surface area contributed by atoms with Crippen LogP contribution in [-0.4, -0.2) is 11.0 Å². The first-order chi connectivity index (χ1) is 13.4. The lowest BCUT2D eigenvalue weighted by Crippen LogP contribution is -2.29. The number of aryl methyl sites for hydroxylation is 3. The molecule has 0 saturated carbocycles. The van der Waals surface area contributed by atoms with Crippen LogP contribution >= 0.6 is 0 Å². The molecule has 3 aromatic carbocycles. The summed E-state index contributed by atoms with van der Waals surface area (Å²) in [4.78, 5) is 12.8. The zero-order chi connectivity index (χ0) is 20.1. The van der Waals surface area contributed by atoms with Gasteiger partial charge < -0.3 is 10.4 Å². The van der Waals surface area contributed by atoms with E-state index in [0.717, 1.165) is 27.8 Å². The number of rotatable bonds is 6. The van der Waals surface area contributed by atoms with Gasteiger partial charge in [-0.25, -0.2) is 0 Å². The monoisotopic (exact) mass is 373 g/mol. The van der Waals surface area contributed by atoms with Crippen LogP contribution in [0.15, 0.2) is 72.8 Å². The number of benzene rings is 3. The molecule has 0 unspecified atom stereocenters. The predicted molar refractivity (Wildman–Crippen MR) is 113 cm³/mol. The van der Waals surface area contributed by atoms with E-state index in [0.29, 0.717) is 12.0 Å². The summed E-state index contributed by atoms with van der Waals surface area (Å²) >= 11 is 0. The van der Waals surface area contributed by atoms with Crippen molar-refractivity contribution in [2.45, 2.75) is 39.3 Å². The third kappa shape index (κ3) is 5.08. The summed E-state index contributed by atoms with van der Waals surface area (Å²) in [5.74, 6) is -0.137. The van der Waals surface area contributed by atoms with Crippen molar-refractivity contribution < 1.29 is 9.90 Å². The van der Waals surface area contributed by atoms with Gasteiger partial charge in [-0.3, -0.25) is 4.79 Å². The van der Waals surface area contributed by atoms with Gasteiger partial charge >= 0.3 is 0 Å². The molecule has 3 nitrogen and oxygen atoms in total. The van der Waals surface area contributed by atoms with E-state index in [-0.39, 0.29) is 11.9 Å². The Morgan fingerprint density at radius 3 is 1.68 bits per heavy atom. The average Bonchev–Trinajstić information content (AvgIpc) is 2.69. The average molecular weight is 373 g/mol. The number of aliphatic hydroxyl groups excluding tert-OH is 1. The van der Waals surface area contributed by atoms with Gasteiger partial charge in [0.05, 0.1) is 12.1 Å². The summed E-state index contributed by atoms with van der Waals surface area (Å²) in [6.45, 7) is 6.05. The first-order valence-corrected chi connectivity index (χ1v) is 9.61. The summed E-state index contributed by atoms with van der Waals surface area (Å²) in [6.07, 6.45) is -0.255. The lowest BCUT2D eigenvalue weighted by Gasteiger charge is -2.23. The van der Waals surface area contributed by atoms with Crippen LogP contribution in [0.4, 0.5) is 0 Å². The molecule has 3 heteroatoms. The minimum absolute atomic E-state index is 0.137. The Labute approximate surface area is 167 Å². The molecule has 0 spiro atoms. The molecule has 3 rings (SSSR count). The highest BCUT2D eigenvalue weighted by Crippen LogP contribution is 2.27. The molecule has 28 heavy (non-hydrogen) atoms. The molecule has 144 valence electrons. The molecule has 0 fully saturated rings. The third-order valence-corrected chi connectivity index (χ3v) is 5.02. The Kier molecular flexibility index (Phi) is 6.27. The second-order valence-corrected chi connectivity index (χ2v) is 7.46. The number of nitrogens with one attached hydrogen (secondary N) is 1. The molecule has 3 aromatic rings. The van der Waals surface area contributed by atoms with Gasteiger partial charge in [-0.05, 0) is 44.0 Å². The molecule has 0 saturated heterocycles. The van der Waals surface area contributed by atoms with Crippen molar-refractivity contribution >= 4 is 5.91 Å². The van der Waals surface area contributed by atoms with Crippen molar-refractivity contribution in [1.29, 1.82) is 0 Å². The molecule has 1 amide bonds. The Morgan fingerprint density at radius 2 is 1.18 bits per heavy atom. The van der Waals surface area contributed by atoms with E-state index >= 15 is 0 Å². The summed E-state index contributed by atoms with van der Waals surface area (Å²) in [6, 6.07) is 23.2. The zero-order valence-electron chi connectivity index (χ0n) is 16.6. The van der Waals surface area contributed by atoms with E-state index in [1.807, 2.05) is 93.6 Å². The first-order valence-electron chi connectivity index (χ1n) is 9.61. The van der Waals surface area contributed by atoms with Crippen molar-refractivity contribution in [3.8, 4) is 0 Å². The van der Waals surface area contributed by atoms with Crippen molar-refractivity contribution in [3.63, 3.8) is 0 Å². The van der Waals surface area contributed by atoms with Crippen LogP contribution in [0, 0.1) is 20.8 Å². The van der Waals surface area contributed by atoms with Crippen LogP contribution in [-0.2, 0) is 0 Å². The summed E-state index contributed by atoms with van der Waals surface area (Å²) in [5, 5.41) is 13.9. The van der Waals surface area contributed by atoms with Gasteiger partial charge in [0, 0.05) is 12.0 Å². The van der Waals surface area contributed by atoms with Gasteiger partial charge in [0.1, 0.15) is 0 Å². The molecule has 0 radical (unpaired) electrons. The first kappa shape index (κ1) is 19.8. The normalized spacial score (nSPS) is 13.0. The Bertz CT molecular complexity index is 912. The summed E-state index contributed by atoms with van der Waals surface area (Å²) in [7, 11) is 0. The molecule has 0 aromatic heterocycles. The van der Waals surface area contributed by atoms with Gasteiger partial charge in [-0.1, -0.05) is 77.4 Å². The highest BCUT2D eigenvalue weighted by Gasteiger charge is 2.20. The molecular formula is C25H27NO2. The topological polar surface area (TPSA) is 49.3 Å². The predicted octanol–water partition coefficient (Wildman–Crippen LogP) is 5.21. The van der Waals surface area contributed by atoms with Crippen LogP contribution in [0.1, 0.15) is 56.7 Å². The van der Waals surface area contributed by atoms with E-state index in [4.69, 9.17) is 0 Å².